The highest BCUT2D eigenvalue weighted by Crippen LogP contribution is 2.32. The Hall–Kier alpha value is -4.26. The molecule has 0 bridgehead atoms. The number of esters is 3. The fourth-order valence-electron chi connectivity index (χ4n) is 6.52. The van der Waals surface area contributed by atoms with E-state index in [0.29, 0.717) is 38.9 Å². The van der Waals surface area contributed by atoms with Gasteiger partial charge in [-0.2, -0.15) is 0 Å². The van der Waals surface area contributed by atoms with Gasteiger partial charge in [0.1, 0.15) is 31.5 Å². The first-order valence-electron chi connectivity index (χ1n) is 20.1. The third-order valence-electron chi connectivity index (χ3n) is 9.84. The van der Waals surface area contributed by atoms with Gasteiger partial charge in [0.2, 0.25) is 0 Å². The van der Waals surface area contributed by atoms with Crippen LogP contribution in [0.4, 0.5) is 0 Å². The van der Waals surface area contributed by atoms with Crippen LogP contribution in [0.2, 0.25) is 0 Å². The zero-order valence-electron chi connectivity index (χ0n) is 31.9. The Bertz CT molecular complexity index is 1330. The van der Waals surface area contributed by atoms with Gasteiger partial charge in [-0.15, -0.1) is 0 Å². The number of benzene rings is 3. The third-order valence-corrected chi connectivity index (χ3v) is 9.84. The number of carbonyl (C=O) groups is 4. The summed E-state index contributed by atoms with van der Waals surface area (Å²) in [6.07, 6.45) is 18.8. The summed E-state index contributed by atoms with van der Waals surface area (Å²) < 4.78 is 16.4. The summed E-state index contributed by atoms with van der Waals surface area (Å²) in [6.45, 7) is 0.829. The lowest BCUT2D eigenvalue weighted by atomic mass is 9.79. The van der Waals surface area contributed by atoms with Crippen molar-refractivity contribution in [1.82, 2.24) is 0 Å². The number of hydrogen-bond acceptors (Lipinski definition) is 7. The highest BCUT2D eigenvalue weighted by atomic mass is 16.5. The minimum absolute atomic E-state index is 0.141. The Labute approximate surface area is 318 Å². The number of hydrogen-bond donors (Lipinski definition) is 0. The molecule has 288 valence electrons. The number of aldehydes is 1. The van der Waals surface area contributed by atoms with Gasteiger partial charge in [0.05, 0.1) is 0 Å². The maximum absolute atomic E-state index is 13.4. The molecule has 53 heavy (non-hydrogen) atoms. The van der Waals surface area contributed by atoms with Gasteiger partial charge < -0.3 is 19.0 Å². The van der Waals surface area contributed by atoms with Crippen molar-refractivity contribution in [2.45, 2.75) is 148 Å². The Morgan fingerprint density at radius 2 is 0.717 bits per heavy atom. The smallest absolute Gasteiger partial charge is 0.319 e. The molecule has 0 heterocycles. The summed E-state index contributed by atoms with van der Waals surface area (Å²) in [5.74, 6) is -0.684. The van der Waals surface area contributed by atoms with Crippen molar-refractivity contribution in [1.29, 1.82) is 0 Å². The molecule has 0 aliphatic carbocycles. The molecule has 3 aromatic rings. The van der Waals surface area contributed by atoms with Crippen LogP contribution in [0, 0.1) is 5.41 Å². The van der Waals surface area contributed by atoms with Crippen molar-refractivity contribution in [3.8, 4) is 0 Å². The highest BCUT2D eigenvalue weighted by Gasteiger charge is 2.39. The van der Waals surface area contributed by atoms with Crippen LogP contribution in [0.25, 0.3) is 0 Å². The summed E-state index contributed by atoms with van der Waals surface area (Å²) >= 11 is 0. The van der Waals surface area contributed by atoms with E-state index >= 15 is 0 Å². The van der Waals surface area contributed by atoms with Crippen LogP contribution in [0.15, 0.2) is 91.0 Å². The van der Waals surface area contributed by atoms with Crippen molar-refractivity contribution in [3.63, 3.8) is 0 Å². The standard InChI is InChI=1S/C46H62O7/c47-39-46(45(50)53-38-42-30-20-15-21-31-42,34-24-11-7-3-1-5-9-22-32-43(48)51-36-40-26-16-13-17-27-40)35-25-12-8-4-2-6-10-23-33-44(49)52-37-41-28-18-14-19-29-41/h13-21,26-31,39H,1-12,22-25,32-38H2. The molecule has 0 unspecified atom stereocenters. The minimum Gasteiger partial charge on any atom is -0.461 e. The fourth-order valence-corrected chi connectivity index (χ4v) is 6.52. The predicted octanol–water partition coefficient (Wildman–Crippen LogP) is 11.2. The van der Waals surface area contributed by atoms with Crippen LogP contribution >= 0.6 is 0 Å². The minimum atomic E-state index is -1.10. The van der Waals surface area contributed by atoms with Crippen LogP contribution in [0.5, 0.6) is 0 Å². The van der Waals surface area contributed by atoms with Crippen LogP contribution in [-0.4, -0.2) is 24.2 Å². The Kier molecular flexibility index (Phi) is 22.3. The molecule has 3 aromatic carbocycles. The second-order valence-corrected chi connectivity index (χ2v) is 14.3. The molecule has 7 heteroatoms. The average Bonchev–Trinajstić information content (AvgIpc) is 3.20. The zero-order valence-corrected chi connectivity index (χ0v) is 31.9. The number of ether oxygens (including phenoxy) is 3. The normalized spacial score (nSPS) is 11.2. The lowest BCUT2D eigenvalue weighted by Gasteiger charge is -2.26. The zero-order chi connectivity index (χ0) is 37.7. The van der Waals surface area contributed by atoms with E-state index in [-0.39, 0.29) is 18.5 Å². The quantitative estimate of drug-likeness (QED) is 0.0222. The molecule has 0 saturated heterocycles. The largest absolute Gasteiger partial charge is 0.461 e. The van der Waals surface area contributed by atoms with E-state index in [4.69, 9.17) is 14.2 Å². The van der Waals surface area contributed by atoms with E-state index in [1.54, 1.807) is 0 Å². The first-order chi connectivity index (χ1) is 26.0. The van der Waals surface area contributed by atoms with Crippen LogP contribution in [0.1, 0.15) is 145 Å². The van der Waals surface area contributed by atoms with Gasteiger partial charge in [-0.25, -0.2) is 0 Å². The molecule has 0 spiro atoms. The molecule has 0 aliphatic heterocycles. The summed E-state index contributed by atoms with van der Waals surface area (Å²) in [5.41, 5.74) is 1.82. The van der Waals surface area contributed by atoms with Crippen LogP contribution < -0.4 is 0 Å². The monoisotopic (exact) mass is 726 g/mol. The van der Waals surface area contributed by atoms with Gasteiger partial charge in [0, 0.05) is 12.8 Å². The summed E-state index contributed by atoms with van der Waals surface area (Å²) in [4.78, 5) is 50.0. The summed E-state index contributed by atoms with van der Waals surface area (Å²) in [6, 6.07) is 29.1. The second kappa shape index (κ2) is 27.4. The molecule has 0 saturated carbocycles. The second-order valence-electron chi connectivity index (χ2n) is 14.3. The van der Waals surface area contributed by atoms with Crippen molar-refractivity contribution in [3.05, 3.63) is 108 Å². The van der Waals surface area contributed by atoms with Gasteiger partial charge in [-0.1, -0.05) is 181 Å². The van der Waals surface area contributed by atoms with Gasteiger partial charge in [0.25, 0.3) is 0 Å². The third kappa shape index (κ3) is 19.4. The predicted molar refractivity (Wildman–Crippen MR) is 210 cm³/mol. The lowest BCUT2D eigenvalue weighted by molar-refractivity contribution is -0.160. The number of carbonyl (C=O) groups excluding carboxylic acids is 4. The van der Waals surface area contributed by atoms with Gasteiger partial charge in [-0.3, -0.25) is 14.4 Å². The van der Waals surface area contributed by atoms with Crippen molar-refractivity contribution >= 4 is 24.2 Å². The SMILES string of the molecule is O=CC(CCCCCCCCCCC(=O)OCc1ccccc1)(CCCCCCCCCCC(=O)OCc1ccccc1)C(=O)OCc1ccccc1. The molecule has 0 fully saturated rings. The average molecular weight is 727 g/mol. The van der Waals surface area contributed by atoms with E-state index in [2.05, 4.69) is 0 Å². The first-order valence-corrected chi connectivity index (χ1v) is 20.1. The molecule has 7 nitrogen and oxygen atoms in total. The highest BCUT2D eigenvalue weighted by molar-refractivity contribution is 5.93. The molecule has 0 aliphatic rings. The Morgan fingerprint density at radius 3 is 1.06 bits per heavy atom. The molecule has 0 N–H and O–H groups in total. The van der Waals surface area contributed by atoms with Crippen molar-refractivity contribution < 1.29 is 33.4 Å². The van der Waals surface area contributed by atoms with Gasteiger partial charge >= 0.3 is 17.9 Å². The molecule has 0 amide bonds. The van der Waals surface area contributed by atoms with Crippen molar-refractivity contribution in [2.75, 3.05) is 0 Å². The molecule has 0 atom stereocenters. The maximum Gasteiger partial charge on any atom is 0.319 e. The molecule has 0 aromatic heterocycles. The van der Waals surface area contributed by atoms with Crippen LogP contribution in [-0.2, 0) is 53.2 Å². The molecule has 0 radical (unpaired) electrons. The van der Waals surface area contributed by atoms with E-state index in [9.17, 15) is 19.2 Å². The van der Waals surface area contributed by atoms with E-state index in [1.165, 1.54) is 0 Å². The first kappa shape index (κ1) is 43.1. The van der Waals surface area contributed by atoms with Gasteiger partial charge in [0.15, 0.2) is 0 Å². The number of unbranched alkanes of at least 4 members (excludes halogenated alkanes) is 14. The topological polar surface area (TPSA) is 96.0 Å². The van der Waals surface area contributed by atoms with Gasteiger partial charge in [-0.05, 0) is 42.4 Å². The Balaban J connectivity index is 1.26. The van der Waals surface area contributed by atoms with Crippen LogP contribution in [0.3, 0.4) is 0 Å². The fraction of sp³-hybridized carbons (Fsp3) is 0.522. The summed E-state index contributed by atoms with van der Waals surface area (Å²) in [7, 11) is 0. The maximum atomic E-state index is 13.4. The lowest BCUT2D eigenvalue weighted by Crippen LogP contribution is -2.35. The molecule has 3 rings (SSSR count). The number of rotatable bonds is 30. The Morgan fingerprint density at radius 1 is 0.415 bits per heavy atom. The van der Waals surface area contributed by atoms with E-state index < -0.39 is 11.4 Å². The van der Waals surface area contributed by atoms with E-state index in [0.717, 1.165) is 126 Å². The van der Waals surface area contributed by atoms with E-state index in [1.807, 2.05) is 91.0 Å². The van der Waals surface area contributed by atoms with Crippen molar-refractivity contribution in [2.24, 2.45) is 5.41 Å². The summed E-state index contributed by atoms with van der Waals surface area (Å²) in [5, 5.41) is 0. The molecular formula is C46H62O7. The molecular weight excluding hydrogens is 664 g/mol.